The van der Waals surface area contributed by atoms with Crippen LogP contribution in [-0.4, -0.2) is 36.0 Å². The normalized spacial score (nSPS) is 12.1. The van der Waals surface area contributed by atoms with Gasteiger partial charge in [0.15, 0.2) is 23.1 Å². The van der Waals surface area contributed by atoms with Crippen molar-refractivity contribution in [3.05, 3.63) is 83.5 Å². The Kier molecular flexibility index (Phi) is 9.60. The van der Waals surface area contributed by atoms with E-state index in [0.29, 0.717) is 28.2 Å². The molecule has 0 saturated carbocycles. The predicted octanol–water partition coefficient (Wildman–Crippen LogP) is 3.75. The van der Waals surface area contributed by atoms with Crippen LogP contribution in [0.3, 0.4) is 0 Å². The second kappa shape index (κ2) is 12.4. The van der Waals surface area contributed by atoms with E-state index < -0.39 is 5.92 Å². The highest BCUT2D eigenvalue weighted by Crippen LogP contribution is 2.28. The molecule has 168 valence electrons. The summed E-state index contributed by atoms with van der Waals surface area (Å²) in [5.41, 5.74) is 2.62. The summed E-state index contributed by atoms with van der Waals surface area (Å²) in [6.45, 7) is 3.25. The first-order valence-corrected chi connectivity index (χ1v) is 10.1. The smallest absolute Gasteiger partial charge is 0.166 e. The van der Waals surface area contributed by atoms with Crippen LogP contribution in [0.15, 0.2) is 61.2 Å². The van der Waals surface area contributed by atoms with Crippen LogP contribution >= 0.6 is 0 Å². The second-order valence-corrected chi connectivity index (χ2v) is 7.01. The molecule has 1 unspecified atom stereocenters. The van der Waals surface area contributed by atoms with Crippen LogP contribution in [0.25, 0.3) is 12.2 Å². The van der Waals surface area contributed by atoms with Crippen molar-refractivity contribution >= 4 is 23.7 Å². The molecule has 0 aliphatic carbocycles. The Bertz CT molecular complexity index is 941. The van der Waals surface area contributed by atoms with E-state index in [1.807, 2.05) is 0 Å². The molecule has 0 saturated heterocycles. The summed E-state index contributed by atoms with van der Waals surface area (Å²) in [5, 5.41) is 18.7. The van der Waals surface area contributed by atoms with Gasteiger partial charge in [-0.2, -0.15) is 0 Å². The van der Waals surface area contributed by atoms with Gasteiger partial charge in [-0.3, -0.25) is 9.59 Å². The first-order valence-electron chi connectivity index (χ1n) is 10.1. The highest BCUT2D eigenvalue weighted by atomic mass is 16.5. The third-order valence-electron chi connectivity index (χ3n) is 4.95. The zero-order valence-electron chi connectivity index (χ0n) is 18.3. The third-order valence-corrected chi connectivity index (χ3v) is 4.95. The zero-order valence-corrected chi connectivity index (χ0v) is 18.3. The van der Waals surface area contributed by atoms with Crippen LogP contribution in [0.1, 0.15) is 28.7 Å². The van der Waals surface area contributed by atoms with E-state index in [1.54, 1.807) is 61.7 Å². The number of carbonyl (C=O) groups is 2. The van der Waals surface area contributed by atoms with Gasteiger partial charge in [0.1, 0.15) is 0 Å². The minimum Gasteiger partial charge on any atom is -0.493 e. The van der Waals surface area contributed by atoms with Gasteiger partial charge in [0, 0.05) is 0 Å². The Morgan fingerprint density at radius 3 is 1.97 bits per heavy atom. The third kappa shape index (κ3) is 6.51. The van der Waals surface area contributed by atoms with E-state index >= 15 is 0 Å². The summed E-state index contributed by atoms with van der Waals surface area (Å²) in [7, 11) is 3.07. The van der Waals surface area contributed by atoms with Crippen LogP contribution in [0, 0.1) is 5.92 Å². The average molecular weight is 437 g/mol. The van der Waals surface area contributed by atoms with Gasteiger partial charge in [-0.05, 0) is 59.0 Å². The van der Waals surface area contributed by atoms with Crippen molar-refractivity contribution in [1.29, 1.82) is 0 Å². The van der Waals surface area contributed by atoms with E-state index in [0.717, 1.165) is 5.56 Å². The molecule has 1 atom stereocenters. The van der Waals surface area contributed by atoms with Crippen LogP contribution in [0.5, 0.6) is 11.5 Å². The van der Waals surface area contributed by atoms with E-state index in [9.17, 15) is 19.8 Å². The first kappa shape index (κ1) is 24.8. The van der Waals surface area contributed by atoms with Crippen LogP contribution < -0.4 is 9.47 Å². The van der Waals surface area contributed by atoms with Crippen LogP contribution in [0.4, 0.5) is 0 Å². The highest BCUT2D eigenvalue weighted by Gasteiger charge is 2.21. The van der Waals surface area contributed by atoms with E-state index in [2.05, 4.69) is 6.58 Å². The van der Waals surface area contributed by atoms with Crippen molar-refractivity contribution < 1.29 is 29.3 Å². The molecule has 0 spiro atoms. The van der Waals surface area contributed by atoms with Gasteiger partial charge in [-0.25, -0.2) is 0 Å². The number of aliphatic hydroxyl groups excluding tert-OH is 2. The number of ketones is 2. The van der Waals surface area contributed by atoms with Gasteiger partial charge in [0.25, 0.3) is 0 Å². The maximum Gasteiger partial charge on any atom is 0.166 e. The lowest BCUT2D eigenvalue weighted by molar-refractivity contribution is -0.127. The summed E-state index contributed by atoms with van der Waals surface area (Å²) >= 11 is 0. The second-order valence-electron chi connectivity index (χ2n) is 7.01. The standard InChI is InChI=1S/C26H28O6/c1-4-5-22(23(29)11-7-18-6-10-20(16-27)21(14-18)17-28)24(30)12-8-19-9-13-25(31-2)26(15-19)32-3/h4,6-15,22,27-28H,1,5,16-17H2,2-3H3/b11-7+,12-8+. The lowest BCUT2D eigenvalue weighted by Crippen LogP contribution is -2.20. The number of carbonyl (C=O) groups excluding carboxylic acids is 2. The maximum absolute atomic E-state index is 12.7. The largest absolute Gasteiger partial charge is 0.493 e. The number of rotatable bonds is 12. The Morgan fingerprint density at radius 2 is 1.44 bits per heavy atom. The molecule has 0 aliphatic heterocycles. The monoisotopic (exact) mass is 436 g/mol. The summed E-state index contributed by atoms with van der Waals surface area (Å²) in [6.07, 6.45) is 7.69. The molecule has 0 radical (unpaired) electrons. The Labute approximate surface area is 188 Å². The molecular weight excluding hydrogens is 408 g/mol. The van der Waals surface area contributed by atoms with Gasteiger partial charge in [0.2, 0.25) is 0 Å². The van der Waals surface area contributed by atoms with Crippen molar-refractivity contribution in [2.45, 2.75) is 19.6 Å². The molecule has 32 heavy (non-hydrogen) atoms. The molecule has 0 aliphatic rings. The van der Waals surface area contributed by atoms with Gasteiger partial charge >= 0.3 is 0 Å². The number of hydrogen-bond donors (Lipinski definition) is 2. The summed E-state index contributed by atoms with van der Waals surface area (Å²) in [5.74, 6) is -0.436. The molecular formula is C26H28O6. The molecule has 0 amide bonds. The van der Waals surface area contributed by atoms with Crippen molar-refractivity contribution in [3.8, 4) is 11.5 Å². The van der Waals surface area contributed by atoms with Crippen molar-refractivity contribution in [2.75, 3.05) is 14.2 Å². The van der Waals surface area contributed by atoms with Crippen LogP contribution in [-0.2, 0) is 22.8 Å². The Balaban J connectivity index is 2.17. The molecule has 2 aromatic rings. The number of aliphatic hydroxyl groups is 2. The summed E-state index contributed by atoms with van der Waals surface area (Å²) < 4.78 is 10.5. The van der Waals surface area contributed by atoms with Crippen LogP contribution in [0.2, 0.25) is 0 Å². The summed E-state index contributed by atoms with van der Waals surface area (Å²) in [4.78, 5) is 25.4. The number of benzene rings is 2. The molecule has 2 N–H and O–H groups in total. The molecule has 6 nitrogen and oxygen atoms in total. The lowest BCUT2D eigenvalue weighted by atomic mass is 9.93. The molecule has 0 bridgehead atoms. The first-order chi connectivity index (χ1) is 15.5. The minimum atomic E-state index is -0.880. The number of allylic oxidation sites excluding steroid dienone is 3. The van der Waals surface area contributed by atoms with Gasteiger partial charge in [-0.15, -0.1) is 6.58 Å². The van der Waals surface area contributed by atoms with Crippen molar-refractivity contribution in [2.24, 2.45) is 5.92 Å². The SMILES string of the molecule is C=CCC(C(=O)/C=C/c1ccc(CO)c(CO)c1)C(=O)/C=C/c1ccc(OC)c(OC)c1. The maximum atomic E-state index is 12.7. The van der Waals surface area contributed by atoms with E-state index in [-0.39, 0.29) is 31.2 Å². The van der Waals surface area contributed by atoms with E-state index in [1.165, 1.54) is 19.3 Å². The van der Waals surface area contributed by atoms with Crippen molar-refractivity contribution in [3.63, 3.8) is 0 Å². The predicted molar refractivity (Wildman–Crippen MR) is 124 cm³/mol. The fraction of sp³-hybridized carbons (Fsp3) is 0.231. The van der Waals surface area contributed by atoms with Gasteiger partial charge in [-0.1, -0.05) is 36.4 Å². The Morgan fingerprint density at radius 1 is 0.875 bits per heavy atom. The number of ether oxygens (including phenoxy) is 2. The molecule has 0 fully saturated rings. The van der Waals surface area contributed by atoms with E-state index in [4.69, 9.17) is 9.47 Å². The molecule has 6 heteroatoms. The fourth-order valence-corrected chi connectivity index (χ4v) is 3.14. The zero-order chi connectivity index (χ0) is 23.5. The number of hydrogen-bond acceptors (Lipinski definition) is 6. The topological polar surface area (TPSA) is 93.1 Å². The number of methoxy groups -OCH3 is 2. The van der Waals surface area contributed by atoms with Gasteiger partial charge in [0.05, 0.1) is 33.4 Å². The fourth-order valence-electron chi connectivity index (χ4n) is 3.14. The lowest BCUT2D eigenvalue weighted by Gasteiger charge is -2.09. The van der Waals surface area contributed by atoms with Crippen molar-refractivity contribution in [1.82, 2.24) is 0 Å². The molecule has 0 heterocycles. The molecule has 2 rings (SSSR count). The average Bonchev–Trinajstić information content (AvgIpc) is 2.83. The molecule has 0 aromatic heterocycles. The summed E-state index contributed by atoms with van der Waals surface area (Å²) in [6, 6.07) is 10.4. The Hall–Kier alpha value is -3.48. The van der Waals surface area contributed by atoms with Gasteiger partial charge < -0.3 is 19.7 Å². The minimum absolute atomic E-state index is 0.179. The quantitative estimate of drug-likeness (QED) is 0.299. The highest BCUT2D eigenvalue weighted by molar-refractivity contribution is 6.13. The molecule has 2 aromatic carbocycles.